The van der Waals surface area contributed by atoms with Gasteiger partial charge < -0.3 is 16.0 Å². The molecule has 0 atom stereocenters. The molecule has 0 bridgehead atoms. The molecule has 0 aromatic heterocycles. The van der Waals surface area contributed by atoms with Gasteiger partial charge in [-0.3, -0.25) is 24.5 Å². The maximum Gasteiger partial charge on any atom is 0.316 e. The summed E-state index contributed by atoms with van der Waals surface area (Å²) >= 11 is 0. The van der Waals surface area contributed by atoms with E-state index < -0.39 is 17.7 Å². The Morgan fingerprint density at radius 3 is 2.58 bits per heavy atom. The Bertz CT molecular complexity index is 659. The molecule has 1 aliphatic heterocycles. The van der Waals surface area contributed by atoms with Crippen molar-refractivity contribution in [1.29, 1.82) is 0 Å². The molecule has 4 amide bonds. The van der Waals surface area contributed by atoms with E-state index in [-0.39, 0.29) is 23.7 Å². The highest BCUT2D eigenvalue weighted by molar-refractivity contribution is 6.38. The van der Waals surface area contributed by atoms with Crippen molar-refractivity contribution in [3.05, 3.63) is 29.8 Å². The number of nitrogens with one attached hydrogen (secondary N) is 2. The third-order valence-electron chi connectivity index (χ3n) is 3.70. The van der Waals surface area contributed by atoms with Gasteiger partial charge >= 0.3 is 11.8 Å². The molecule has 2 rings (SSSR count). The molecule has 8 heteroatoms. The minimum absolute atomic E-state index is 0.116. The van der Waals surface area contributed by atoms with Crippen LogP contribution in [0.2, 0.25) is 0 Å². The fourth-order valence-corrected chi connectivity index (χ4v) is 2.42. The van der Waals surface area contributed by atoms with Crippen LogP contribution >= 0.6 is 0 Å². The summed E-state index contributed by atoms with van der Waals surface area (Å²) in [6.45, 7) is 1.53. The molecule has 1 fully saturated rings. The van der Waals surface area contributed by atoms with Gasteiger partial charge in [0.05, 0.1) is 5.56 Å². The van der Waals surface area contributed by atoms with E-state index >= 15 is 0 Å². The number of carbonyl (C=O) groups is 4. The van der Waals surface area contributed by atoms with Crippen molar-refractivity contribution in [2.45, 2.75) is 19.3 Å². The van der Waals surface area contributed by atoms with E-state index in [2.05, 4.69) is 5.32 Å². The smallest absolute Gasteiger partial charge is 0.316 e. The van der Waals surface area contributed by atoms with E-state index in [0.717, 1.165) is 13.0 Å². The number of hydrogen-bond acceptors (Lipinski definition) is 5. The average molecular weight is 332 g/mol. The van der Waals surface area contributed by atoms with Crippen LogP contribution in [-0.4, -0.2) is 48.2 Å². The quantitative estimate of drug-likeness (QED) is 0.387. The van der Waals surface area contributed by atoms with Gasteiger partial charge in [-0.2, -0.15) is 0 Å². The number of carbonyl (C=O) groups excluding carboxylic acids is 4. The first-order chi connectivity index (χ1) is 11.5. The summed E-state index contributed by atoms with van der Waals surface area (Å²) < 4.78 is 0. The molecule has 0 radical (unpaired) electrons. The lowest BCUT2D eigenvalue weighted by Crippen LogP contribution is -2.43. The fourth-order valence-electron chi connectivity index (χ4n) is 2.42. The molecule has 1 aromatic carbocycles. The van der Waals surface area contributed by atoms with Gasteiger partial charge in [-0.15, -0.1) is 0 Å². The van der Waals surface area contributed by atoms with Crippen molar-refractivity contribution in [1.82, 2.24) is 15.5 Å². The Balaban J connectivity index is 1.72. The second kappa shape index (κ2) is 8.09. The molecule has 0 saturated carbocycles. The summed E-state index contributed by atoms with van der Waals surface area (Å²) in [6, 6.07) is 6.25. The van der Waals surface area contributed by atoms with Gasteiger partial charge in [0.1, 0.15) is 0 Å². The van der Waals surface area contributed by atoms with Gasteiger partial charge in [-0.25, -0.2) is 0 Å². The molecular weight excluding hydrogens is 312 g/mol. The zero-order valence-electron chi connectivity index (χ0n) is 13.2. The molecule has 0 unspecified atom stereocenters. The molecule has 1 saturated heterocycles. The Hall–Kier alpha value is -2.90. The normalized spacial score (nSPS) is 13.7. The summed E-state index contributed by atoms with van der Waals surface area (Å²) in [5, 5.41) is 4.41. The van der Waals surface area contributed by atoms with E-state index in [4.69, 9.17) is 5.73 Å². The number of rotatable bonds is 5. The Labute approximate surface area is 139 Å². The standard InChI is InChI=1S/C16H20N4O4/c17-12-6-2-1-5-11(12)14(22)19-16(24)15(23)18-8-4-10-20-9-3-7-13(20)21/h1-2,5-6H,3-4,7-10,17H2,(H,18,23)(H,19,22,24). The van der Waals surface area contributed by atoms with Crippen LogP contribution in [0.3, 0.4) is 0 Å². The van der Waals surface area contributed by atoms with Crippen LogP contribution in [-0.2, 0) is 14.4 Å². The van der Waals surface area contributed by atoms with Crippen molar-refractivity contribution in [2.24, 2.45) is 0 Å². The first-order valence-electron chi connectivity index (χ1n) is 7.75. The highest BCUT2D eigenvalue weighted by atomic mass is 16.2. The van der Waals surface area contributed by atoms with Crippen molar-refractivity contribution in [3.63, 3.8) is 0 Å². The van der Waals surface area contributed by atoms with Crippen molar-refractivity contribution in [2.75, 3.05) is 25.4 Å². The second-order valence-corrected chi connectivity index (χ2v) is 5.46. The monoisotopic (exact) mass is 332 g/mol. The average Bonchev–Trinajstić information content (AvgIpc) is 2.96. The minimum atomic E-state index is -1.04. The largest absolute Gasteiger partial charge is 0.398 e. The highest BCUT2D eigenvalue weighted by Gasteiger charge is 2.20. The molecule has 1 heterocycles. The maximum atomic E-state index is 11.9. The summed E-state index contributed by atoms with van der Waals surface area (Å²) in [4.78, 5) is 48.4. The van der Waals surface area contributed by atoms with Crippen LogP contribution in [0, 0.1) is 0 Å². The van der Waals surface area contributed by atoms with Crippen LogP contribution in [0.5, 0.6) is 0 Å². The molecule has 8 nitrogen and oxygen atoms in total. The van der Waals surface area contributed by atoms with E-state index in [1.807, 2.05) is 5.32 Å². The number of hydrogen-bond donors (Lipinski definition) is 3. The first kappa shape index (κ1) is 17.5. The van der Waals surface area contributed by atoms with Gasteiger partial charge in [0.2, 0.25) is 5.91 Å². The third kappa shape index (κ3) is 4.55. The van der Waals surface area contributed by atoms with E-state index in [9.17, 15) is 19.2 Å². The predicted octanol–water partition coefficient (Wildman–Crippen LogP) is -0.346. The van der Waals surface area contributed by atoms with Gasteiger partial charge in [-0.05, 0) is 25.0 Å². The maximum absolute atomic E-state index is 11.9. The third-order valence-corrected chi connectivity index (χ3v) is 3.70. The van der Waals surface area contributed by atoms with E-state index in [0.29, 0.717) is 19.4 Å². The SMILES string of the molecule is Nc1ccccc1C(=O)NC(=O)C(=O)NCCCN1CCCC1=O. The van der Waals surface area contributed by atoms with Crippen LogP contribution in [0.1, 0.15) is 29.6 Å². The number of imide groups is 1. The van der Waals surface area contributed by atoms with Gasteiger partial charge in [-0.1, -0.05) is 12.1 Å². The summed E-state index contributed by atoms with van der Waals surface area (Å²) in [7, 11) is 0. The molecular formula is C16H20N4O4. The number of benzene rings is 1. The number of nitrogen functional groups attached to an aromatic ring is 1. The number of amides is 4. The number of nitrogens with zero attached hydrogens (tertiary/aromatic N) is 1. The molecule has 0 spiro atoms. The number of anilines is 1. The topological polar surface area (TPSA) is 122 Å². The zero-order valence-corrected chi connectivity index (χ0v) is 13.2. The molecule has 0 aliphatic carbocycles. The lowest BCUT2D eigenvalue weighted by molar-refractivity contribution is -0.138. The molecule has 128 valence electrons. The van der Waals surface area contributed by atoms with E-state index in [1.165, 1.54) is 12.1 Å². The van der Waals surface area contributed by atoms with Crippen molar-refractivity contribution >= 4 is 29.3 Å². The Morgan fingerprint density at radius 1 is 1.17 bits per heavy atom. The summed E-state index contributed by atoms with van der Waals surface area (Å²) in [5.41, 5.74) is 5.99. The summed E-state index contributed by atoms with van der Waals surface area (Å²) in [5.74, 6) is -2.55. The molecule has 1 aliphatic rings. The van der Waals surface area contributed by atoms with Crippen molar-refractivity contribution < 1.29 is 19.2 Å². The Morgan fingerprint density at radius 2 is 1.92 bits per heavy atom. The number of likely N-dealkylation sites (tertiary alicyclic amines) is 1. The first-order valence-corrected chi connectivity index (χ1v) is 7.75. The minimum Gasteiger partial charge on any atom is -0.398 e. The fraction of sp³-hybridized carbons (Fsp3) is 0.375. The molecule has 24 heavy (non-hydrogen) atoms. The summed E-state index contributed by atoms with van der Waals surface area (Å²) in [6.07, 6.45) is 1.97. The van der Waals surface area contributed by atoms with Gasteiger partial charge in [0.15, 0.2) is 0 Å². The van der Waals surface area contributed by atoms with Crippen molar-refractivity contribution in [3.8, 4) is 0 Å². The van der Waals surface area contributed by atoms with Gasteiger partial charge in [0.25, 0.3) is 5.91 Å². The number of nitrogens with two attached hydrogens (primary N) is 1. The zero-order chi connectivity index (χ0) is 17.5. The van der Waals surface area contributed by atoms with Crippen LogP contribution in [0.25, 0.3) is 0 Å². The van der Waals surface area contributed by atoms with Crippen LogP contribution in [0.4, 0.5) is 5.69 Å². The van der Waals surface area contributed by atoms with Crippen LogP contribution in [0.15, 0.2) is 24.3 Å². The number of para-hydroxylation sites is 1. The van der Waals surface area contributed by atoms with Gasteiger partial charge in [0, 0.05) is 31.7 Å². The predicted molar refractivity (Wildman–Crippen MR) is 86.8 cm³/mol. The lowest BCUT2D eigenvalue weighted by atomic mass is 10.1. The molecule has 4 N–H and O–H groups in total. The Kier molecular flexibility index (Phi) is 5.89. The second-order valence-electron chi connectivity index (χ2n) is 5.46. The van der Waals surface area contributed by atoms with Crippen LogP contribution < -0.4 is 16.4 Å². The lowest BCUT2D eigenvalue weighted by Gasteiger charge is -2.15. The highest BCUT2D eigenvalue weighted by Crippen LogP contribution is 2.10. The van der Waals surface area contributed by atoms with E-state index in [1.54, 1.807) is 17.0 Å². The molecule has 1 aromatic rings.